The topological polar surface area (TPSA) is 146 Å². The van der Waals surface area contributed by atoms with Gasteiger partial charge >= 0.3 is 6.01 Å². The van der Waals surface area contributed by atoms with Crippen molar-refractivity contribution in [1.82, 2.24) is 20.2 Å². The van der Waals surface area contributed by atoms with Gasteiger partial charge in [-0.05, 0) is 87.2 Å². The van der Waals surface area contributed by atoms with Crippen LogP contribution < -0.4 is 26.4 Å². The molecule has 4 aromatic rings. The van der Waals surface area contributed by atoms with Gasteiger partial charge in [-0.3, -0.25) is 9.69 Å². The number of anilines is 2. The molecule has 2 aromatic carbocycles. The largest absolute Gasteiger partial charge is 0.461 e. The molecule has 14 heteroatoms. The van der Waals surface area contributed by atoms with Crippen molar-refractivity contribution in [3.05, 3.63) is 40.4 Å². The molecule has 3 atom stereocenters. The van der Waals surface area contributed by atoms with E-state index in [1.807, 2.05) is 0 Å². The lowest BCUT2D eigenvalue weighted by Crippen LogP contribution is -2.43. The first-order chi connectivity index (χ1) is 25.2. The second-order valence-corrected chi connectivity index (χ2v) is 16.3. The van der Waals surface area contributed by atoms with E-state index in [1.54, 1.807) is 6.07 Å². The number of nitrogens with one attached hydrogen (secondary N) is 1. The molecule has 3 aliphatic heterocycles. The molecule has 276 valence electrons. The van der Waals surface area contributed by atoms with Crippen LogP contribution in [0.15, 0.2) is 18.2 Å². The molecule has 0 bridgehead atoms. The van der Waals surface area contributed by atoms with Gasteiger partial charge in [0, 0.05) is 36.0 Å². The predicted molar refractivity (Wildman–Crippen MR) is 203 cm³/mol. The number of nitrogens with zero attached hydrogens (tertiary/aromatic N) is 5. The quantitative estimate of drug-likeness (QED) is 0.140. The summed E-state index contributed by atoms with van der Waals surface area (Å²) in [6.45, 7) is 6.75. The van der Waals surface area contributed by atoms with Gasteiger partial charge in [0.25, 0.3) is 0 Å². The highest BCUT2D eigenvalue weighted by molar-refractivity contribution is 7.23. The van der Waals surface area contributed by atoms with Crippen LogP contribution in [-0.2, 0) is 4.79 Å². The number of carbonyl (C=O) groups excluding carboxylic acids is 1. The van der Waals surface area contributed by atoms with Crippen LogP contribution in [0.3, 0.4) is 0 Å². The normalized spacial score (nSPS) is 21.1. The number of benzene rings is 2. The van der Waals surface area contributed by atoms with E-state index in [-0.39, 0.29) is 71.6 Å². The predicted octanol–water partition coefficient (Wildman–Crippen LogP) is 6.86. The lowest BCUT2D eigenvalue weighted by Gasteiger charge is -2.31. The molecule has 3 saturated heterocycles. The van der Waals surface area contributed by atoms with Crippen molar-refractivity contribution in [2.45, 2.75) is 63.8 Å². The van der Waals surface area contributed by atoms with E-state index >= 15 is 4.39 Å². The Kier molecular flexibility index (Phi) is 10.7. The van der Waals surface area contributed by atoms with E-state index in [0.717, 1.165) is 56.5 Å². The van der Waals surface area contributed by atoms with Gasteiger partial charge in [-0.25, -0.2) is 8.78 Å². The first kappa shape index (κ1) is 36.5. The van der Waals surface area contributed by atoms with Crippen molar-refractivity contribution >= 4 is 61.2 Å². The first-order valence-electron chi connectivity index (χ1n) is 18.3. The maximum Gasteiger partial charge on any atom is 0.319 e. The number of nitriles is 1. The Morgan fingerprint density at radius 1 is 1.17 bits per heavy atom. The Hall–Kier alpha value is -3.83. The van der Waals surface area contributed by atoms with E-state index in [9.17, 15) is 14.4 Å². The lowest BCUT2D eigenvalue weighted by molar-refractivity contribution is -0.109. The minimum absolute atomic E-state index is 0.00660. The molecular weight excluding hydrogens is 706 g/mol. The molecular formula is C38H45ClF2N8O2S. The molecule has 0 spiro atoms. The molecule has 10 nitrogen and oxygen atoms in total. The Balaban J connectivity index is 0.00000133. The Bertz CT molecular complexity index is 2010. The number of fused-ring (bicyclic) bond motifs is 3. The maximum atomic E-state index is 17.1. The molecule has 5 heterocycles. The zero-order valence-electron chi connectivity index (χ0n) is 29.4. The number of hydrogen-bond acceptors (Lipinski definition) is 10. The standard InChI is InChI=1S/C35H39ClF2N8O2S.C3H6/c1-19(12-39)10-20-15-45(16-21(20)14-42-18-47)33-23-11-25(36)28(22-4-5-26(37)31-27(22)24(13-40)32(41)49-31)29(38)30(23)43-34(44-33)48-17-35-6-2-8-46(35)9-3-7-35;1-2-3-1/h4-5,11,18-21H,2-3,6-10,12,14-17,39,41H2,1H3,(H,42,47);1-3H2. The first-order valence-corrected chi connectivity index (χ1v) is 19.5. The van der Waals surface area contributed by atoms with Crippen LogP contribution >= 0.6 is 22.9 Å². The number of hydrogen-bond donors (Lipinski definition) is 3. The number of ether oxygens (including phenoxy) is 1. The average molecular weight is 751 g/mol. The van der Waals surface area contributed by atoms with E-state index < -0.39 is 11.6 Å². The summed E-state index contributed by atoms with van der Waals surface area (Å²) in [4.78, 5) is 25.4. The fourth-order valence-corrected chi connectivity index (χ4v) is 9.55. The van der Waals surface area contributed by atoms with Crippen molar-refractivity contribution in [1.29, 1.82) is 5.26 Å². The summed E-state index contributed by atoms with van der Waals surface area (Å²) in [7, 11) is 0. The minimum atomic E-state index is -0.731. The Morgan fingerprint density at radius 2 is 1.90 bits per heavy atom. The molecule has 1 aliphatic carbocycles. The third-order valence-electron chi connectivity index (χ3n) is 11.1. The number of halogens is 3. The van der Waals surface area contributed by atoms with Crippen LogP contribution in [0, 0.1) is 40.7 Å². The molecule has 8 rings (SSSR count). The highest BCUT2D eigenvalue weighted by Crippen LogP contribution is 2.46. The van der Waals surface area contributed by atoms with Crippen LogP contribution in [0.25, 0.3) is 32.1 Å². The highest BCUT2D eigenvalue weighted by Gasteiger charge is 2.45. The SMILES string of the molecule is C1CC1.CC(CN)CC1CN(c2nc(OCC34CCCN3CCC4)nc3c(F)c(-c4ccc(F)c5sc(N)c(C#N)c45)c(Cl)cc23)CC1CNC=O. The number of nitrogens with two attached hydrogens (primary N) is 2. The molecule has 0 radical (unpaired) electrons. The summed E-state index contributed by atoms with van der Waals surface area (Å²) >= 11 is 7.84. The summed E-state index contributed by atoms with van der Waals surface area (Å²) in [5, 5.41) is 13.5. The summed E-state index contributed by atoms with van der Waals surface area (Å²) in [5.41, 5.74) is 12.3. The summed E-state index contributed by atoms with van der Waals surface area (Å²) < 4.78 is 38.6. The van der Waals surface area contributed by atoms with Gasteiger partial charge in [-0.2, -0.15) is 15.2 Å². The van der Waals surface area contributed by atoms with Gasteiger partial charge in [-0.1, -0.05) is 43.9 Å². The van der Waals surface area contributed by atoms with E-state index in [1.165, 1.54) is 31.4 Å². The molecule has 4 aliphatic rings. The molecule has 2 aromatic heterocycles. The summed E-state index contributed by atoms with van der Waals surface area (Å²) in [6, 6.07) is 6.39. The number of carbonyl (C=O) groups is 1. The van der Waals surface area contributed by atoms with Crippen LogP contribution in [0.5, 0.6) is 6.01 Å². The van der Waals surface area contributed by atoms with Gasteiger partial charge < -0.3 is 26.4 Å². The van der Waals surface area contributed by atoms with E-state index in [2.05, 4.69) is 33.1 Å². The Morgan fingerprint density at radius 3 is 2.58 bits per heavy atom. The van der Waals surface area contributed by atoms with E-state index in [0.29, 0.717) is 50.4 Å². The zero-order valence-corrected chi connectivity index (χ0v) is 31.0. The van der Waals surface area contributed by atoms with Crippen LogP contribution in [0.4, 0.5) is 19.6 Å². The fraction of sp³-hybridized carbons (Fsp3) is 0.526. The second kappa shape index (κ2) is 15.3. The maximum absolute atomic E-state index is 17.1. The summed E-state index contributed by atoms with van der Waals surface area (Å²) in [6.07, 6.45) is 10.3. The fourth-order valence-electron chi connectivity index (χ4n) is 8.30. The zero-order chi connectivity index (χ0) is 36.6. The van der Waals surface area contributed by atoms with Gasteiger partial charge in [0.2, 0.25) is 6.41 Å². The smallest absolute Gasteiger partial charge is 0.319 e. The molecule has 52 heavy (non-hydrogen) atoms. The third kappa shape index (κ3) is 6.98. The molecule has 1 saturated carbocycles. The average Bonchev–Trinajstić information content (AvgIpc) is 3.61. The molecule has 4 fully saturated rings. The number of aromatic nitrogens is 2. The number of thiophene rings is 1. The number of nitrogen functional groups attached to an aromatic ring is 1. The minimum Gasteiger partial charge on any atom is -0.461 e. The number of amides is 1. The lowest BCUT2D eigenvalue weighted by atomic mass is 9.87. The summed E-state index contributed by atoms with van der Waals surface area (Å²) in [5.74, 6) is -0.223. The third-order valence-corrected chi connectivity index (χ3v) is 12.4. The van der Waals surface area contributed by atoms with Gasteiger partial charge in [0.15, 0.2) is 5.82 Å². The monoisotopic (exact) mass is 750 g/mol. The highest BCUT2D eigenvalue weighted by atomic mass is 35.5. The van der Waals surface area contributed by atoms with Crippen molar-refractivity contribution < 1.29 is 18.3 Å². The second-order valence-electron chi connectivity index (χ2n) is 14.8. The van der Waals surface area contributed by atoms with Gasteiger partial charge in [0.1, 0.15) is 34.8 Å². The van der Waals surface area contributed by atoms with Gasteiger partial charge in [0.05, 0.1) is 20.8 Å². The van der Waals surface area contributed by atoms with Crippen molar-refractivity contribution in [2.24, 2.45) is 23.5 Å². The van der Waals surface area contributed by atoms with Crippen molar-refractivity contribution in [3.8, 4) is 23.2 Å². The molecule has 1 amide bonds. The van der Waals surface area contributed by atoms with Crippen LogP contribution in [0.1, 0.15) is 63.9 Å². The van der Waals surface area contributed by atoms with Crippen molar-refractivity contribution in [3.63, 3.8) is 0 Å². The van der Waals surface area contributed by atoms with E-state index in [4.69, 9.17) is 32.8 Å². The number of rotatable bonds is 11. The van der Waals surface area contributed by atoms with Crippen molar-refractivity contribution in [2.75, 3.05) is 56.5 Å². The van der Waals surface area contributed by atoms with Crippen LogP contribution in [0.2, 0.25) is 5.02 Å². The Labute approximate surface area is 311 Å². The van der Waals surface area contributed by atoms with Gasteiger partial charge in [-0.15, -0.1) is 11.3 Å². The van der Waals surface area contributed by atoms with Crippen LogP contribution in [-0.4, -0.2) is 72.7 Å². The molecule has 3 unspecified atom stereocenters. The molecule has 5 N–H and O–H groups in total.